The predicted octanol–water partition coefficient (Wildman–Crippen LogP) is 2.85. The van der Waals surface area contributed by atoms with Crippen molar-refractivity contribution in [3.63, 3.8) is 0 Å². The van der Waals surface area contributed by atoms with E-state index in [0.29, 0.717) is 12.0 Å². The number of anilines is 1. The Kier molecular flexibility index (Phi) is 4.85. The maximum Gasteiger partial charge on any atom is 0.251 e. The lowest BCUT2D eigenvalue weighted by Crippen LogP contribution is -2.37. The Morgan fingerprint density at radius 1 is 1.25 bits per heavy atom. The average molecular weight is 350 g/mol. The molecule has 1 saturated carbocycles. The summed E-state index contributed by atoms with van der Waals surface area (Å²) in [6, 6.07) is 5.56. The molecule has 1 N–H and O–H groups in total. The molecule has 0 bridgehead atoms. The maximum atomic E-state index is 12.5. The highest BCUT2D eigenvalue weighted by Crippen LogP contribution is 2.35. The van der Waals surface area contributed by atoms with Gasteiger partial charge < -0.3 is 5.32 Å². The quantitative estimate of drug-likeness (QED) is 0.908. The Morgan fingerprint density at radius 2 is 1.96 bits per heavy atom. The van der Waals surface area contributed by atoms with Crippen LogP contribution in [0.25, 0.3) is 0 Å². The monoisotopic (exact) mass is 350 g/mol. The third-order valence-electron chi connectivity index (χ3n) is 5.10. The molecule has 0 radical (unpaired) electrons. The number of fused-ring (bicyclic) bond motifs is 1. The Bertz CT molecular complexity index is 724. The van der Waals surface area contributed by atoms with Crippen molar-refractivity contribution in [2.45, 2.75) is 64.5 Å². The minimum atomic E-state index is -3.28. The molecular weight excluding hydrogens is 324 g/mol. The van der Waals surface area contributed by atoms with E-state index in [2.05, 4.69) is 5.32 Å². The van der Waals surface area contributed by atoms with Crippen LogP contribution in [0.2, 0.25) is 0 Å². The van der Waals surface area contributed by atoms with Gasteiger partial charge in [-0.05, 0) is 56.9 Å². The highest BCUT2D eigenvalue weighted by molar-refractivity contribution is 7.92. The van der Waals surface area contributed by atoms with Crippen LogP contribution in [-0.2, 0) is 16.4 Å². The summed E-state index contributed by atoms with van der Waals surface area (Å²) in [5.41, 5.74) is 2.29. The lowest BCUT2D eigenvalue weighted by molar-refractivity contribution is 0.0927. The van der Waals surface area contributed by atoms with Crippen LogP contribution in [0.5, 0.6) is 0 Å². The van der Waals surface area contributed by atoms with Gasteiger partial charge in [-0.25, -0.2) is 8.42 Å². The van der Waals surface area contributed by atoms with Gasteiger partial charge >= 0.3 is 0 Å². The maximum absolute atomic E-state index is 12.5. The molecule has 0 spiro atoms. The van der Waals surface area contributed by atoms with Gasteiger partial charge in [0.15, 0.2) is 0 Å². The first-order valence-corrected chi connectivity index (χ1v) is 10.5. The number of benzene rings is 1. The van der Waals surface area contributed by atoms with E-state index < -0.39 is 10.0 Å². The van der Waals surface area contributed by atoms with Crippen LogP contribution in [0, 0.1) is 0 Å². The van der Waals surface area contributed by atoms with Crippen LogP contribution in [0.4, 0.5) is 5.69 Å². The number of amides is 1. The smallest absolute Gasteiger partial charge is 0.251 e. The molecule has 6 heteroatoms. The van der Waals surface area contributed by atoms with Crippen LogP contribution in [-0.4, -0.2) is 32.2 Å². The van der Waals surface area contributed by atoms with E-state index in [-0.39, 0.29) is 23.7 Å². The number of carbonyl (C=O) groups is 1. The van der Waals surface area contributed by atoms with Gasteiger partial charge in [-0.3, -0.25) is 9.10 Å². The van der Waals surface area contributed by atoms with Crippen molar-refractivity contribution in [3.8, 4) is 0 Å². The average Bonchev–Trinajstić information content (AvgIpc) is 2.91. The van der Waals surface area contributed by atoms with E-state index in [1.807, 2.05) is 13.0 Å². The summed E-state index contributed by atoms with van der Waals surface area (Å²) in [7, 11) is -3.28. The van der Waals surface area contributed by atoms with Gasteiger partial charge in [-0.2, -0.15) is 0 Å². The number of hydrogen-bond donors (Lipinski definition) is 1. The number of rotatable bonds is 4. The second-order valence-electron chi connectivity index (χ2n) is 6.90. The SMILES string of the molecule is CCS(=O)(=O)N1c2ccc(C(=O)NC3CCCCC3)cc2C[C@H]1C. The molecule has 1 aliphatic carbocycles. The van der Waals surface area contributed by atoms with Crippen molar-refractivity contribution >= 4 is 21.6 Å². The molecule has 1 fully saturated rings. The molecule has 1 heterocycles. The van der Waals surface area contributed by atoms with Gasteiger partial charge in [0.2, 0.25) is 10.0 Å². The minimum absolute atomic E-state index is 0.0471. The van der Waals surface area contributed by atoms with Crippen molar-refractivity contribution in [1.82, 2.24) is 5.32 Å². The molecule has 1 aliphatic heterocycles. The Hall–Kier alpha value is -1.56. The normalized spacial score (nSPS) is 21.6. The first-order chi connectivity index (χ1) is 11.4. The topological polar surface area (TPSA) is 66.5 Å². The number of nitrogens with one attached hydrogen (secondary N) is 1. The summed E-state index contributed by atoms with van der Waals surface area (Å²) < 4.78 is 26.1. The molecule has 0 saturated heterocycles. The van der Waals surface area contributed by atoms with Gasteiger partial charge in [0.25, 0.3) is 5.91 Å². The van der Waals surface area contributed by atoms with E-state index in [1.54, 1.807) is 19.1 Å². The zero-order chi connectivity index (χ0) is 17.3. The number of carbonyl (C=O) groups excluding carboxylic acids is 1. The molecule has 1 aromatic carbocycles. The molecule has 1 amide bonds. The second kappa shape index (κ2) is 6.75. The van der Waals surface area contributed by atoms with Crippen molar-refractivity contribution in [1.29, 1.82) is 0 Å². The van der Waals surface area contributed by atoms with Gasteiger partial charge in [-0.15, -0.1) is 0 Å². The fourth-order valence-electron chi connectivity index (χ4n) is 3.82. The van der Waals surface area contributed by atoms with E-state index in [0.717, 1.165) is 24.1 Å². The number of hydrogen-bond acceptors (Lipinski definition) is 3. The molecule has 24 heavy (non-hydrogen) atoms. The third kappa shape index (κ3) is 3.29. The summed E-state index contributed by atoms with van der Waals surface area (Å²) in [6.07, 6.45) is 6.36. The second-order valence-corrected chi connectivity index (χ2v) is 9.04. The molecule has 0 aromatic heterocycles. The van der Waals surface area contributed by atoms with Gasteiger partial charge in [-0.1, -0.05) is 19.3 Å². The van der Waals surface area contributed by atoms with Crippen molar-refractivity contribution in [2.75, 3.05) is 10.1 Å². The zero-order valence-electron chi connectivity index (χ0n) is 14.4. The summed E-state index contributed by atoms with van der Waals surface area (Å²) in [5, 5.41) is 3.12. The fraction of sp³-hybridized carbons (Fsp3) is 0.611. The van der Waals surface area contributed by atoms with Gasteiger partial charge in [0.1, 0.15) is 0 Å². The molecule has 2 aliphatic rings. The van der Waals surface area contributed by atoms with Crippen LogP contribution in [0.15, 0.2) is 18.2 Å². The lowest BCUT2D eigenvalue weighted by Gasteiger charge is -2.24. The molecule has 0 unspecified atom stereocenters. The van der Waals surface area contributed by atoms with E-state index >= 15 is 0 Å². The largest absolute Gasteiger partial charge is 0.349 e. The van der Waals surface area contributed by atoms with Crippen LogP contribution < -0.4 is 9.62 Å². The molecular formula is C18H26N2O3S. The Balaban J connectivity index is 1.80. The van der Waals surface area contributed by atoms with Gasteiger partial charge in [0, 0.05) is 17.6 Å². The molecule has 5 nitrogen and oxygen atoms in total. The van der Waals surface area contributed by atoms with Crippen molar-refractivity contribution in [2.24, 2.45) is 0 Å². The summed E-state index contributed by atoms with van der Waals surface area (Å²) in [4.78, 5) is 12.5. The predicted molar refractivity (Wildman–Crippen MR) is 95.9 cm³/mol. The lowest BCUT2D eigenvalue weighted by atomic mass is 9.95. The zero-order valence-corrected chi connectivity index (χ0v) is 15.2. The van der Waals surface area contributed by atoms with Crippen molar-refractivity contribution in [3.05, 3.63) is 29.3 Å². The third-order valence-corrected chi connectivity index (χ3v) is 6.99. The van der Waals surface area contributed by atoms with Crippen LogP contribution in [0.1, 0.15) is 61.9 Å². The van der Waals surface area contributed by atoms with E-state index in [9.17, 15) is 13.2 Å². The molecule has 3 rings (SSSR count). The van der Waals surface area contributed by atoms with Gasteiger partial charge in [0.05, 0.1) is 11.4 Å². The standard InChI is InChI=1S/C18H26N2O3S/c1-3-24(22,23)20-13(2)11-15-12-14(9-10-17(15)20)18(21)19-16-7-5-4-6-8-16/h9-10,12-13,16H,3-8,11H2,1-2H3,(H,19,21)/t13-/m1/s1. The van der Waals surface area contributed by atoms with E-state index in [4.69, 9.17) is 0 Å². The first kappa shape index (κ1) is 17.3. The summed E-state index contributed by atoms with van der Waals surface area (Å²) >= 11 is 0. The molecule has 1 atom stereocenters. The van der Waals surface area contributed by atoms with Crippen molar-refractivity contribution < 1.29 is 13.2 Å². The number of nitrogens with zero attached hydrogens (tertiary/aromatic N) is 1. The summed E-state index contributed by atoms with van der Waals surface area (Å²) in [6.45, 7) is 3.57. The first-order valence-electron chi connectivity index (χ1n) is 8.88. The molecule has 132 valence electrons. The Labute approximate surface area is 144 Å². The van der Waals surface area contributed by atoms with E-state index in [1.165, 1.54) is 23.6 Å². The van der Waals surface area contributed by atoms with Crippen LogP contribution >= 0.6 is 0 Å². The summed E-state index contributed by atoms with van der Waals surface area (Å²) in [5.74, 6) is 0.0369. The highest BCUT2D eigenvalue weighted by Gasteiger charge is 2.34. The molecule has 1 aromatic rings. The number of sulfonamides is 1. The van der Waals surface area contributed by atoms with Crippen LogP contribution in [0.3, 0.4) is 0 Å². The highest BCUT2D eigenvalue weighted by atomic mass is 32.2. The Morgan fingerprint density at radius 3 is 2.62 bits per heavy atom. The minimum Gasteiger partial charge on any atom is -0.349 e. The fourth-order valence-corrected chi connectivity index (χ4v) is 5.20.